The number of ether oxygens (including phenoxy) is 2. The number of aromatic nitrogens is 2. The summed E-state index contributed by atoms with van der Waals surface area (Å²) in [5.41, 5.74) is 0.579. The number of carbonyl (C=O) groups excluding carboxylic acids is 7. The first-order chi connectivity index (χ1) is 32.1. The molecule has 23 heteroatoms. The van der Waals surface area contributed by atoms with Gasteiger partial charge in [0.2, 0.25) is 23.7 Å². The van der Waals surface area contributed by atoms with Crippen LogP contribution in [0.2, 0.25) is 0 Å². The van der Waals surface area contributed by atoms with Crippen LogP contribution in [0.15, 0.2) is 36.5 Å². The summed E-state index contributed by atoms with van der Waals surface area (Å²) < 4.78 is 56.8. The molecule has 356 valence electrons. The van der Waals surface area contributed by atoms with Crippen LogP contribution < -0.4 is 41.1 Å². The number of carbonyl (C=O) groups is 7. The van der Waals surface area contributed by atoms with Gasteiger partial charge in [-0.2, -0.15) is 13.8 Å². The molecule has 0 radical (unpaired) electrons. The third-order valence-corrected chi connectivity index (χ3v) is 12.5. The van der Waals surface area contributed by atoms with Crippen LogP contribution in [0.25, 0.3) is 0 Å². The Kier molecular flexibility index (Phi) is 13.6. The molecule has 1 aliphatic carbocycles. The summed E-state index contributed by atoms with van der Waals surface area (Å²) in [5, 5.41) is 13.8. The number of benzene rings is 2. The fourth-order valence-electron chi connectivity index (χ4n) is 9.12. The number of amides is 7. The Bertz CT molecular complexity index is 2490. The zero-order valence-electron chi connectivity index (χ0n) is 36.8. The van der Waals surface area contributed by atoms with Gasteiger partial charge in [-0.25, -0.2) is 9.37 Å². The third-order valence-electron chi connectivity index (χ3n) is 12.5. The molecule has 1 aromatic heterocycles. The number of fused-ring (bicyclic) bond motifs is 2. The smallest absolute Gasteiger partial charge is 0.342 e. The summed E-state index contributed by atoms with van der Waals surface area (Å²) in [4.78, 5) is 103. The van der Waals surface area contributed by atoms with Crippen molar-refractivity contribution >= 4 is 70.2 Å². The van der Waals surface area contributed by atoms with Crippen LogP contribution in [0.3, 0.4) is 0 Å². The quantitative estimate of drug-likeness (QED) is 0.102. The van der Waals surface area contributed by atoms with Gasteiger partial charge in [0, 0.05) is 63.5 Å². The summed E-state index contributed by atoms with van der Waals surface area (Å²) in [6.07, 6.45) is 4.86. The fourth-order valence-corrected chi connectivity index (χ4v) is 9.12. The third kappa shape index (κ3) is 9.82. The lowest BCUT2D eigenvalue weighted by Crippen LogP contribution is -2.54. The molecule has 67 heavy (non-hydrogen) atoms. The molecule has 3 aromatic rings. The van der Waals surface area contributed by atoms with E-state index in [1.54, 1.807) is 12.1 Å². The lowest BCUT2D eigenvalue weighted by Gasteiger charge is -2.31. The average molecular weight is 934 g/mol. The van der Waals surface area contributed by atoms with Crippen LogP contribution >= 0.6 is 0 Å². The van der Waals surface area contributed by atoms with E-state index >= 15 is 13.2 Å². The van der Waals surface area contributed by atoms with Crippen molar-refractivity contribution in [1.82, 2.24) is 35.7 Å². The molecule has 0 spiro atoms. The van der Waals surface area contributed by atoms with Gasteiger partial charge in [0.25, 0.3) is 23.6 Å². The zero-order valence-corrected chi connectivity index (χ0v) is 36.8. The second-order valence-electron chi connectivity index (χ2n) is 17.0. The molecule has 20 nitrogen and oxygen atoms in total. The number of nitrogens with zero attached hydrogens (tertiary/aromatic N) is 6. The van der Waals surface area contributed by atoms with Gasteiger partial charge in [0.15, 0.2) is 5.82 Å². The minimum Gasteiger partial charge on any atom is -0.495 e. The van der Waals surface area contributed by atoms with Gasteiger partial charge in [-0.3, -0.25) is 48.7 Å². The first-order valence-corrected chi connectivity index (χ1v) is 22.0. The normalized spacial score (nSPS) is 20.7. The molecule has 8 rings (SSSR count). The van der Waals surface area contributed by atoms with Crippen molar-refractivity contribution in [2.45, 2.75) is 69.0 Å². The molecule has 1 saturated carbocycles. The van der Waals surface area contributed by atoms with Crippen molar-refractivity contribution in [2.24, 2.45) is 0 Å². The van der Waals surface area contributed by atoms with Gasteiger partial charge < -0.3 is 40.5 Å². The van der Waals surface area contributed by atoms with Crippen molar-refractivity contribution in [3.8, 4) is 5.75 Å². The van der Waals surface area contributed by atoms with E-state index < -0.39 is 59.8 Å². The first kappa shape index (κ1) is 46.6. The number of hydrogen-bond donors (Lipinski definition) is 5. The van der Waals surface area contributed by atoms with E-state index in [2.05, 4.69) is 36.6 Å². The number of hydrogen-bond acceptors (Lipinski definition) is 15. The summed E-state index contributed by atoms with van der Waals surface area (Å²) in [5.74, 6) is -9.08. The predicted octanol–water partition coefficient (Wildman–Crippen LogP) is 2.18. The second-order valence-corrected chi connectivity index (χ2v) is 17.0. The SMILES string of the molecule is COc1cc(C(=O)N[C@H]2CCN(CC(=O)NCCOCCNc3cccc4c3C(=O)N(C3CCC(=O)NC3=O)C4=O)C2)c(F)cc1Nc1ncc2c(n1)N(C1CCCC1)CC(F)(F)C(=O)N2C. The highest BCUT2D eigenvalue weighted by Crippen LogP contribution is 2.40. The highest BCUT2D eigenvalue weighted by Gasteiger charge is 2.49. The van der Waals surface area contributed by atoms with E-state index in [-0.39, 0.29) is 109 Å². The molecule has 5 N–H and O–H groups in total. The molecule has 1 unspecified atom stereocenters. The Labute approximate surface area is 382 Å². The van der Waals surface area contributed by atoms with Crippen LogP contribution in [0.1, 0.15) is 76.0 Å². The molecule has 3 fully saturated rings. The van der Waals surface area contributed by atoms with Gasteiger partial charge in [-0.05, 0) is 43.9 Å². The number of nitrogens with one attached hydrogen (secondary N) is 5. The van der Waals surface area contributed by atoms with Crippen LogP contribution in [0, 0.1) is 5.82 Å². The Morgan fingerprint density at radius 1 is 0.985 bits per heavy atom. The van der Waals surface area contributed by atoms with E-state index in [0.29, 0.717) is 38.0 Å². The number of likely N-dealkylation sites (tertiary alicyclic amines) is 1. The molecule has 2 atom stereocenters. The van der Waals surface area contributed by atoms with Crippen LogP contribution in [0.4, 0.5) is 42.0 Å². The maximum Gasteiger partial charge on any atom is 0.342 e. The largest absolute Gasteiger partial charge is 0.495 e. The summed E-state index contributed by atoms with van der Waals surface area (Å²) in [6, 6.07) is 5.32. The maximum atomic E-state index is 15.6. The van der Waals surface area contributed by atoms with Crippen molar-refractivity contribution in [1.29, 1.82) is 0 Å². The molecule has 4 aliphatic heterocycles. The van der Waals surface area contributed by atoms with E-state index in [9.17, 15) is 33.6 Å². The molecule has 0 bridgehead atoms. The van der Waals surface area contributed by atoms with Gasteiger partial charge in [-0.15, -0.1) is 0 Å². The van der Waals surface area contributed by atoms with Gasteiger partial charge in [0.05, 0.1) is 62.0 Å². The van der Waals surface area contributed by atoms with Crippen LogP contribution in [0.5, 0.6) is 5.75 Å². The van der Waals surface area contributed by atoms with E-state index in [1.807, 2.05) is 4.90 Å². The van der Waals surface area contributed by atoms with Crippen molar-refractivity contribution in [3.63, 3.8) is 0 Å². The molecular weight excluding hydrogens is 884 g/mol. The number of rotatable bonds is 16. The standard InChI is InChI=1S/C44H50F3N11O9/c1-55-32-20-50-43(54-37(32)57(25-6-3-4-7-25)23-44(46,47)42(55)65)52-30-19-28(45)27(18-33(30)66-2)38(61)51-24-12-15-56(21-24)22-35(60)49-14-17-67-16-13-48-29-9-5-8-26-36(29)41(64)58(40(26)63)31-10-11-34(59)53-39(31)62/h5,8-9,18-20,24-25,31,48H,3-4,6-7,10-17,21-23H2,1-2H3,(H,49,60)(H,51,61)(H,50,52,54)(H,53,59,62)/t24-,31?/m0/s1. The minimum absolute atomic E-state index is 0.0175. The first-order valence-electron chi connectivity index (χ1n) is 22.0. The predicted molar refractivity (Wildman–Crippen MR) is 234 cm³/mol. The molecule has 2 saturated heterocycles. The lowest BCUT2D eigenvalue weighted by atomic mass is 10.0. The van der Waals surface area contributed by atoms with Crippen LogP contribution in [-0.2, 0) is 23.9 Å². The molecular formula is C44H50F3N11O9. The van der Waals surface area contributed by atoms with Gasteiger partial charge in [-0.1, -0.05) is 18.9 Å². The summed E-state index contributed by atoms with van der Waals surface area (Å²) >= 11 is 0. The Balaban J connectivity index is 0.777. The van der Waals surface area contributed by atoms with Gasteiger partial charge >= 0.3 is 5.92 Å². The summed E-state index contributed by atoms with van der Waals surface area (Å²) in [6.45, 7) is 0.906. The highest BCUT2D eigenvalue weighted by atomic mass is 19.3. The van der Waals surface area contributed by atoms with E-state index in [1.165, 1.54) is 37.4 Å². The van der Waals surface area contributed by atoms with Crippen molar-refractivity contribution < 1.29 is 56.2 Å². The topological polar surface area (TPSA) is 237 Å². The van der Waals surface area contributed by atoms with Crippen LogP contribution in [-0.4, -0.2) is 152 Å². The number of imide groups is 2. The number of methoxy groups -OCH3 is 1. The zero-order chi connectivity index (χ0) is 47.6. The van der Waals surface area contributed by atoms with Crippen molar-refractivity contribution in [3.05, 3.63) is 59.0 Å². The van der Waals surface area contributed by atoms with Crippen molar-refractivity contribution in [2.75, 3.05) is 87.1 Å². The van der Waals surface area contributed by atoms with Gasteiger partial charge in [0.1, 0.15) is 23.3 Å². The molecule has 5 heterocycles. The van der Waals surface area contributed by atoms with E-state index in [4.69, 9.17) is 9.47 Å². The maximum absolute atomic E-state index is 15.6. The molecule has 2 aromatic carbocycles. The molecule has 7 amide bonds. The lowest BCUT2D eigenvalue weighted by molar-refractivity contribution is -0.140. The Morgan fingerprint density at radius 2 is 1.76 bits per heavy atom. The fraction of sp³-hybridized carbons (Fsp3) is 0.477. The average Bonchev–Trinajstić information content (AvgIpc) is 4.04. The monoisotopic (exact) mass is 933 g/mol. The highest BCUT2D eigenvalue weighted by molar-refractivity contribution is 6.25. The second kappa shape index (κ2) is 19.5. The molecule has 5 aliphatic rings. The number of piperidine rings is 1. The van der Waals surface area contributed by atoms with E-state index in [0.717, 1.165) is 28.7 Å². The minimum atomic E-state index is -3.66. The summed E-state index contributed by atoms with van der Waals surface area (Å²) in [7, 11) is 2.58. The number of alkyl halides is 2. The number of halogens is 3. The number of anilines is 5. The Hall–Kier alpha value is -6.88. The Morgan fingerprint density at radius 3 is 2.52 bits per heavy atom.